The Morgan fingerprint density at radius 1 is 0.818 bits per heavy atom. The van der Waals surface area contributed by atoms with Crippen molar-refractivity contribution < 1.29 is 58.0 Å². The number of halogens is 5. The molecular formula is C64H77F5N8O8S3. The fourth-order valence-corrected chi connectivity index (χ4v) is 15.2. The molecule has 474 valence electrons. The minimum absolute atomic E-state index is 0.0498. The van der Waals surface area contributed by atoms with Crippen LogP contribution >= 0.6 is 11.8 Å². The van der Waals surface area contributed by atoms with Gasteiger partial charge in [0.1, 0.15) is 10.9 Å². The Morgan fingerprint density at radius 3 is 2.19 bits per heavy atom. The second kappa shape index (κ2) is 28.6. The lowest BCUT2D eigenvalue weighted by molar-refractivity contribution is -0.136. The first kappa shape index (κ1) is 66.1. The van der Waals surface area contributed by atoms with E-state index in [4.69, 9.17) is 0 Å². The van der Waals surface area contributed by atoms with Crippen molar-refractivity contribution in [1.82, 2.24) is 29.6 Å². The Hall–Kier alpha value is -6.36. The van der Waals surface area contributed by atoms with E-state index < -0.39 is 71.2 Å². The Balaban J connectivity index is 0.790. The Labute approximate surface area is 517 Å². The first-order valence-corrected chi connectivity index (χ1v) is 34.0. The van der Waals surface area contributed by atoms with Crippen LogP contribution in [-0.4, -0.2) is 162 Å². The maximum atomic E-state index is 14.5. The van der Waals surface area contributed by atoms with Crippen LogP contribution in [0, 0.1) is 23.2 Å². The lowest BCUT2D eigenvalue weighted by Crippen LogP contribution is -2.52. The number of anilines is 2. The van der Waals surface area contributed by atoms with Crippen molar-refractivity contribution in [3.05, 3.63) is 124 Å². The number of allylic oxidation sites excluding steroid dienone is 1. The zero-order chi connectivity index (χ0) is 63.0. The number of alkyl halides is 5. The molecule has 4 heterocycles. The molecule has 0 bridgehead atoms. The number of carbonyl (C=O) groups is 4. The predicted molar refractivity (Wildman–Crippen MR) is 329 cm³/mol. The molecule has 3 atom stereocenters. The van der Waals surface area contributed by atoms with Gasteiger partial charge >= 0.3 is 5.51 Å². The molecule has 9 rings (SSSR count). The molecule has 5 aliphatic rings. The number of benzene rings is 4. The number of piperidine rings is 1. The Morgan fingerprint density at radius 2 is 1.51 bits per heavy atom. The number of fused-ring (bicyclic) bond motifs is 1. The molecule has 3 fully saturated rings. The van der Waals surface area contributed by atoms with Crippen LogP contribution < -0.4 is 20.3 Å². The van der Waals surface area contributed by atoms with Gasteiger partial charge in [0.2, 0.25) is 18.2 Å². The maximum absolute atomic E-state index is 14.5. The summed E-state index contributed by atoms with van der Waals surface area (Å²) < 4.78 is 126. The third kappa shape index (κ3) is 16.7. The second-order valence-electron chi connectivity index (χ2n) is 24.3. The molecule has 4 aliphatic heterocycles. The Kier molecular flexibility index (Phi) is 21.5. The molecule has 1 aliphatic carbocycles. The highest BCUT2D eigenvalue weighted by Gasteiger charge is 2.49. The first-order chi connectivity index (χ1) is 41.8. The number of sulfonamides is 1. The van der Waals surface area contributed by atoms with Crippen molar-refractivity contribution in [2.45, 2.75) is 130 Å². The number of imide groups is 1. The molecule has 0 aromatic heterocycles. The van der Waals surface area contributed by atoms with E-state index in [1.807, 2.05) is 41.1 Å². The molecule has 16 nitrogen and oxygen atoms in total. The zero-order valence-electron chi connectivity index (χ0n) is 49.8. The molecular weight excluding hydrogens is 1200 g/mol. The highest BCUT2D eigenvalue weighted by molar-refractivity contribution is 7.99. The molecule has 3 N–H and O–H groups in total. The van der Waals surface area contributed by atoms with Gasteiger partial charge in [-0.15, -0.1) is 11.8 Å². The summed E-state index contributed by atoms with van der Waals surface area (Å²) >= 11 is 1.43. The molecule has 3 saturated heterocycles. The van der Waals surface area contributed by atoms with Crippen LogP contribution in [0.15, 0.2) is 117 Å². The average Bonchev–Trinajstić information content (AvgIpc) is 1.42. The van der Waals surface area contributed by atoms with Crippen LogP contribution in [0.4, 0.5) is 33.3 Å². The van der Waals surface area contributed by atoms with Gasteiger partial charge in [-0.1, -0.05) is 68.0 Å². The number of amides is 4. The molecule has 0 spiro atoms. The number of hydrogen-bond donors (Lipinski definition) is 3. The minimum atomic E-state index is -6.14. The quantitative estimate of drug-likeness (QED) is 0.0159. The summed E-state index contributed by atoms with van der Waals surface area (Å²) in [4.78, 5) is 60.3. The highest BCUT2D eigenvalue weighted by atomic mass is 32.2. The number of sulfone groups is 1. The van der Waals surface area contributed by atoms with Crippen LogP contribution in [0.1, 0.15) is 117 Å². The summed E-state index contributed by atoms with van der Waals surface area (Å²) in [7, 11) is -11.1. The number of hydrogen-bond acceptors (Lipinski definition) is 14. The van der Waals surface area contributed by atoms with Crippen molar-refractivity contribution in [2.24, 2.45) is 11.3 Å². The minimum Gasteiger partial charge on any atom is -0.380 e. The van der Waals surface area contributed by atoms with E-state index in [1.54, 1.807) is 24.3 Å². The smallest absolute Gasteiger partial charge is 0.380 e. The number of rotatable bonds is 23. The normalized spacial score (nSPS) is 19.7. The summed E-state index contributed by atoms with van der Waals surface area (Å²) in [5.41, 5.74) is -0.758. The van der Waals surface area contributed by atoms with Crippen LogP contribution in [0.25, 0.3) is 0 Å². The lowest BCUT2D eigenvalue weighted by atomic mass is 9.70. The first-order valence-electron chi connectivity index (χ1n) is 30.1. The largest absolute Gasteiger partial charge is 0.501 e. The molecule has 24 heteroatoms. The number of nitrogens with one attached hydrogen (secondary N) is 3. The van der Waals surface area contributed by atoms with E-state index in [0.29, 0.717) is 69.4 Å². The van der Waals surface area contributed by atoms with Crippen molar-refractivity contribution in [3.63, 3.8) is 0 Å². The Bertz CT molecular complexity index is 3510. The van der Waals surface area contributed by atoms with E-state index in [0.717, 1.165) is 98.8 Å². The van der Waals surface area contributed by atoms with Gasteiger partial charge < -0.3 is 24.9 Å². The van der Waals surface area contributed by atoms with Gasteiger partial charge in [0.25, 0.3) is 31.7 Å². The zero-order valence-corrected chi connectivity index (χ0v) is 52.3. The molecule has 0 saturated carbocycles. The molecule has 88 heavy (non-hydrogen) atoms. The highest BCUT2D eigenvalue weighted by Crippen LogP contribution is 2.43. The summed E-state index contributed by atoms with van der Waals surface area (Å²) in [5.74, 6) is 4.71. The van der Waals surface area contributed by atoms with Gasteiger partial charge in [0.15, 0.2) is 0 Å². The summed E-state index contributed by atoms with van der Waals surface area (Å²) in [6.45, 7) is 14.5. The summed E-state index contributed by atoms with van der Waals surface area (Å²) in [6.07, 6.45) is 3.07. The standard InChI is InChI=1S/C64H77F5N8O8S3/c1-44(16-24-58(65)66)53-40-63(2,3)28-26-47(53)41-75-35-37-76(38-36-75)49-19-17-46(18-20-49)60(79)72-88(84,85)51-21-22-55(57(39-51)87(82,83)64(67,68)69)70-48(43-86-50-13-7-4-8-14-50)27-30-74-33-31-73(32-34-74)29-9-5-6-11-45-12-10-15-52-54(45)42-77(62(52)81)56-23-25-59(78)71-61(56)80/h4,7-8,10,12-15,17-22,39,44,48,56,58,70H,5,9,16,23-38,40-43H2,1-3H3,(H,72,79)(H,71,78,80)/t44?,48-,56?/m1/s1. The van der Waals surface area contributed by atoms with Gasteiger partial charge in [-0.05, 0) is 135 Å². The van der Waals surface area contributed by atoms with Crippen molar-refractivity contribution in [2.75, 3.05) is 88.0 Å². The number of thioether (sulfide) groups is 1. The van der Waals surface area contributed by atoms with E-state index in [2.05, 4.69) is 62.8 Å². The van der Waals surface area contributed by atoms with Crippen LogP contribution in [-0.2, 0) is 36.0 Å². The second-order valence-corrected chi connectivity index (χ2v) is 29.0. The number of piperazine rings is 2. The van der Waals surface area contributed by atoms with Crippen LogP contribution in [0.2, 0.25) is 0 Å². The number of unbranched alkanes of at least 4 members (excludes halogenated alkanes) is 1. The van der Waals surface area contributed by atoms with E-state index >= 15 is 0 Å². The summed E-state index contributed by atoms with van der Waals surface area (Å²) in [6, 6.07) is 22.0. The van der Waals surface area contributed by atoms with Gasteiger partial charge in [-0.3, -0.25) is 29.4 Å². The topological polar surface area (TPSA) is 189 Å². The van der Waals surface area contributed by atoms with Gasteiger partial charge in [-0.2, -0.15) is 13.2 Å². The van der Waals surface area contributed by atoms with E-state index in [1.165, 1.54) is 39.9 Å². The fraction of sp³-hybridized carbons (Fsp3) is 0.500. The van der Waals surface area contributed by atoms with Crippen LogP contribution in [0.5, 0.6) is 0 Å². The van der Waals surface area contributed by atoms with Gasteiger partial charge in [0, 0.05) is 130 Å². The van der Waals surface area contributed by atoms with Crippen molar-refractivity contribution in [1.29, 1.82) is 0 Å². The molecule has 4 amide bonds. The van der Waals surface area contributed by atoms with Crippen LogP contribution in [0.3, 0.4) is 0 Å². The SMILES string of the molecule is CC(CCC(F)F)C1=C(CN2CCN(c3ccc(C(=O)NS(=O)(=O)c4ccc(N[C@H](CCN5CCN(CCCC#Cc6cccc7c6CN(C6CCC(=O)NC6=O)C7=O)CC5)CSc5ccccc5)c(S(=O)(=O)C(F)(F)F)c4)cc3)CC2)CCC(C)(C)C1. The molecule has 2 unspecified atom stereocenters. The van der Waals surface area contributed by atoms with Gasteiger partial charge in [0.05, 0.1) is 10.6 Å². The average molecular weight is 1280 g/mol. The fourth-order valence-electron chi connectivity index (χ4n) is 12.2. The summed E-state index contributed by atoms with van der Waals surface area (Å²) in [5, 5.41) is 5.36. The lowest BCUT2D eigenvalue weighted by Gasteiger charge is -2.40. The predicted octanol–water partition coefficient (Wildman–Crippen LogP) is 9.58. The van der Waals surface area contributed by atoms with E-state index in [-0.39, 0.29) is 54.5 Å². The monoisotopic (exact) mass is 1280 g/mol. The van der Waals surface area contributed by atoms with Crippen molar-refractivity contribution >= 4 is 66.6 Å². The van der Waals surface area contributed by atoms with E-state index in [9.17, 15) is 58.0 Å². The maximum Gasteiger partial charge on any atom is 0.501 e. The third-order valence-corrected chi connectivity index (χ3v) is 21.4. The molecule has 4 aromatic carbocycles. The number of carbonyl (C=O) groups excluding carboxylic acids is 4. The van der Waals surface area contributed by atoms with Crippen molar-refractivity contribution in [3.8, 4) is 11.8 Å². The molecule has 4 aromatic rings. The molecule has 0 radical (unpaired) electrons. The van der Waals surface area contributed by atoms with Gasteiger partial charge in [-0.25, -0.2) is 30.3 Å². The third-order valence-electron chi connectivity index (χ3n) is 17.4. The number of nitrogens with zero attached hydrogens (tertiary/aromatic N) is 5.